The van der Waals surface area contributed by atoms with Crippen molar-refractivity contribution in [1.82, 2.24) is 5.32 Å². The van der Waals surface area contributed by atoms with E-state index in [-0.39, 0.29) is 11.9 Å². The third-order valence-electron chi connectivity index (χ3n) is 3.89. The average Bonchev–Trinajstić information content (AvgIpc) is 2.51. The molecule has 0 radical (unpaired) electrons. The van der Waals surface area contributed by atoms with Crippen LogP contribution in [0.1, 0.15) is 24.1 Å². The monoisotopic (exact) mass is 286 g/mol. The van der Waals surface area contributed by atoms with Gasteiger partial charge in [-0.3, -0.25) is 0 Å². The molecule has 0 aliphatic rings. The number of anilines is 1. The van der Waals surface area contributed by atoms with Gasteiger partial charge in [-0.2, -0.15) is 0 Å². The van der Waals surface area contributed by atoms with Gasteiger partial charge in [-0.15, -0.1) is 0 Å². The van der Waals surface area contributed by atoms with E-state index < -0.39 is 0 Å². The molecule has 1 atom stereocenters. The van der Waals surface area contributed by atoms with E-state index >= 15 is 0 Å². The predicted octanol–water partition coefficient (Wildman–Crippen LogP) is 3.92. The fraction of sp³-hybridized carbons (Fsp3) is 0.333. The first-order chi connectivity index (χ1) is 10.2. The van der Waals surface area contributed by atoms with Crippen molar-refractivity contribution in [2.24, 2.45) is 0 Å². The Labute approximate surface area is 126 Å². The van der Waals surface area contributed by atoms with E-state index in [1.54, 1.807) is 6.07 Å². The van der Waals surface area contributed by atoms with E-state index in [0.717, 1.165) is 13.1 Å². The van der Waals surface area contributed by atoms with E-state index in [4.69, 9.17) is 0 Å². The third kappa shape index (κ3) is 3.61. The maximum absolute atomic E-state index is 14.0. The van der Waals surface area contributed by atoms with Gasteiger partial charge in [0.15, 0.2) is 0 Å². The SMILES string of the molecule is CCN(CC(NC)c1ccccc1C)c1ccccc1F. The summed E-state index contributed by atoms with van der Waals surface area (Å²) >= 11 is 0. The summed E-state index contributed by atoms with van der Waals surface area (Å²) in [6.45, 7) is 5.67. The Bertz CT molecular complexity index is 531. The summed E-state index contributed by atoms with van der Waals surface area (Å²) in [5.41, 5.74) is 3.17. The lowest BCUT2D eigenvalue weighted by molar-refractivity contribution is 0.560. The van der Waals surface area contributed by atoms with Crippen LogP contribution in [0.15, 0.2) is 48.5 Å². The lowest BCUT2D eigenvalue weighted by Crippen LogP contribution is -2.34. The summed E-state index contributed by atoms with van der Waals surface area (Å²) in [4.78, 5) is 2.07. The molecule has 0 amide bonds. The van der Waals surface area contributed by atoms with Gasteiger partial charge < -0.3 is 10.2 Å². The first kappa shape index (κ1) is 15.5. The molecule has 2 nitrogen and oxygen atoms in total. The van der Waals surface area contributed by atoms with Crippen molar-refractivity contribution in [3.63, 3.8) is 0 Å². The van der Waals surface area contributed by atoms with Gasteiger partial charge in [0.2, 0.25) is 0 Å². The standard InChI is InChI=1S/C18H23FN2/c1-4-21(18-12-8-7-11-16(18)19)13-17(20-3)15-10-6-5-9-14(15)2/h5-12,17,20H,4,13H2,1-3H3. The van der Waals surface area contributed by atoms with Gasteiger partial charge in [-0.1, -0.05) is 36.4 Å². The van der Waals surface area contributed by atoms with Crippen LogP contribution in [-0.4, -0.2) is 20.1 Å². The molecule has 0 saturated carbocycles. The van der Waals surface area contributed by atoms with E-state index in [1.807, 2.05) is 31.3 Å². The zero-order valence-electron chi connectivity index (χ0n) is 12.9. The minimum Gasteiger partial charge on any atom is -0.368 e. The van der Waals surface area contributed by atoms with Crippen molar-refractivity contribution in [1.29, 1.82) is 0 Å². The summed E-state index contributed by atoms with van der Waals surface area (Å²) in [5, 5.41) is 3.35. The van der Waals surface area contributed by atoms with Crippen LogP contribution in [0.4, 0.5) is 10.1 Å². The van der Waals surface area contributed by atoms with Crippen LogP contribution in [0.5, 0.6) is 0 Å². The highest BCUT2D eigenvalue weighted by Crippen LogP contribution is 2.23. The summed E-state index contributed by atoms with van der Waals surface area (Å²) in [7, 11) is 1.95. The quantitative estimate of drug-likeness (QED) is 0.866. The molecule has 0 aromatic heterocycles. The van der Waals surface area contributed by atoms with Gasteiger partial charge in [0.1, 0.15) is 5.82 Å². The average molecular weight is 286 g/mol. The van der Waals surface area contributed by atoms with Crippen molar-refractivity contribution in [2.75, 3.05) is 25.0 Å². The number of aryl methyl sites for hydroxylation is 1. The topological polar surface area (TPSA) is 15.3 Å². The van der Waals surface area contributed by atoms with Crippen molar-refractivity contribution < 1.29 is 4.39 Å². The molecule has 0 saturated heterocycles. The minimum atomic E-state index is -0.168. The van der Waals surface area contributed by atoms with Gasteiger partial charge in [-0.25, -0.2) is 4.39 Å². The van der Waals surface area contributed by atoms with Crippen molar-refractivity contribution >= 4 is 5.69 Å². The van der Waals surface area contributed by atoms with Crippen LogP contribution in [0.3, 0.4) is 0 Å². The van der Waals surface area contributed by atoms with Gasteiger partial charge in [-0.05, 0) is 44.2 Å². The summed E-state index contributed by atoms with van der Waals surface area (Å²) < 4.78 is 14.0. The molecule has 2 rings (SSSR count). The molecule has 1 unspecified atom stereocenters. The lowest BCUT2D eigenvalue weighted by atomic mass is 10.0. The number of nitrogens with one attached hydrogen (secondary N) is 1. The normalized spacial score (nSPS) is 12.2. The Morgan fingerprint density at radius 1 is 1.10 bits per heavy atom. The third-order valence-corrected chi connectivity index (χ3v) is 3.89. The first-order valence-corrected chi connectivity index (χ1v) is 7.39. The molecule has 1 N–H and O–H groups in total. The number of benzene rings is 2. The van der Waals surface area contributed by atoms with Crippen LogP contribution >= 0.6 is 0 Å². The molecular formula is C18H23FN2. The molecule has 0 spiro atoms. The Morgan fingerprint density at radius 3 is 2.38 bits per heavy atom. The highest BCUT2D eigenvalue weighted by Gasteiger charge is 2.17. The largest absolute Gasteiger partial charge is 0.368 e. The second-order valence-corrected chi connectivity index (χ2v) is 5.19. The fourth-order valence-electron chi connectivity index (χ4n) is 2.65. The number of para-hydroxylation sites is 1. The molecule has 0 fully saturated rings. The summed E-state index contributed by atoms with van der Waals surface area (Å²) in [6.07, 6.45) is 0. The van der Waals surface area contributed by atoms with Crippen molar-refractivity contribution in [3.05, 3.63) is 65.5 Å². The number of hydrogen-bond donors (Lipinski definition) is 1. The second-order valence-electron chi connectivity index (χ2n) is 5.19. The highest BCUT2D eigenvalue weighted by molar-refractivity contribution is 5.48. The first-order valence-electron chi connectivity index (χ1n) is 7.39. The molecule has 0 aliphatic carbocycles. The molecule has 21 heavy (non-hydrogen) atoms. The molecular weight excluding hydrogens is 263 g/mol. The van der Waals surface area contributed by atoms with Crippen LogP contribution in [0, 0.1) is 12.7 Å². The van der Waals surface area contributed by atoms with Crippen LogP contribution in [-0.2, 0) is 0 Å². The van der Waals surface area contributed by atoms with Gasteiger partial charge in [0.25, 0.3) is 0 Å². The smallest absolute Gasteiger partial charge is 0.146 e. The Hall–Kier alpha value is -1.87. The van der Waals surface area contributed by atoms with Crippen LogP contribution in [0.2, 0.25) is 0 Å². The molecule has 0 aliphatic heterocycles. The van der Waals surface area contributed by atoms with E-state index in [1.165, 1.54) is 17.2 Å². The maximum Gasteiger partial charge on any atom is 0.146 e. The number of hydrogen-bond acceptors (Lipinski definition) is 2. The van der Waals surface area contributed by atoms with Crippen molar-refractivity contribution in [3.8, 4) is 0 Å². The van der Waals surface area contributed by atoms with Gasteiger partial charge in [0.05, 0.1) is 5.69 Å². The maximum atomic E-state index is 14.0. The number of rotatable bonds is 6. The molecule has 112 valence electrons. The molecule has 0 heterocycles. The molecule has 2 aromatic carbocycles. The second kappa shape index (κ2) is 7.23. The lowest BCUT2D eigenvalue weighted by Gasteiger charge is -2.29. The van der Waals surface area contributed by atoms with Gasteiger partial charge >= 0.3 is 0 Å². The molecule has 3 heteroatoms. The molecule has 2 aromatic rings. The van der Waals surface area contributed by atoms with E-state index in [0.29, 0.717) is 5.69 Å². The Morgan fingerprint density at radius 2 is 1.76 bits per heavy atom. The zero-order chi connectivity index (χ0) is 15.2. The number of nitrogens with zero attached hydrogens (tertiary/aromatic N) is 1. The van der Waals surface area contributed by atoms with E-state index in [9.17, 15) is 4.39 Å². The molecule has 0 bridgehead atoms. The zero-order valence-corrected chi connectivity index (χ0v) is 12.9. The predicted molar refractivity (Wildman–Crippen MR) is 87.3 cm³/mol. The van der Waals surface area contributed by atoms with E-state index in [2.05, 4.69) is 36.2 Å². The Kier molecular flexibility index (Phi) is 5.34. The van der Waals surface area contributed by atoms with Gasteiger partial charge in [0, 0.05) is 19.1 Å². The van der Waals surface area contributed by atoms with Crippen LogP contribution < -0.4 is 10.2 Å². The number of halogens is 1. The summed E-state index contributed by atoms with van der Waals surface area (Å²) in [6, 6.07) is 15.5. The fourth-order valence-corrected chi connectivity index (χ4v) is 2.65. The minimum absolute atomic E-state index is 0.168. The highest BCUT2D eigenvalue weighted by atomic mass is 19.1. The van der Waals surface area contributed by atoms with Crippen molar-refractivity contribution in [2.45, 2.75) is 19.9 Å². The summed E-state index contributed by atoms with van der Waals surface area (Å²) in [5.74, 6) is -0.168. The Balaban J connectivity index is 2.24. The number of likely N-dealkylation sites (N-methyl/N-ethyl adjacent to an activating group) is 2. The van der Waals surface area contributed by atoms with Crippen LogP contribution in [0.25, 0.3) is 0 Å².